The Morgan fingerprint density at radius 3 is 2.78 bits per heavy atom. The molecule has 0 amide bonds. The molecule has 0 spiro atoms. The van der Waals surface area contributed by atoms with E-state index in [4.69, 9.17) is 19.3 Å². The van der Waals surface area contributed by atoms with Crippen molar-refractivity contribution in [3.05, 3.63) is 0 Å². The summed E-state index contributed by atoms with van der Waals surface area (Å²) in [4.78, 5) is 27.8. The second kappa shape index (κ2) is 4.67. The van der Waals surface area contributed by atoms with E-state index in [1.807, 2.05) is 0 Å². The fraction of sp³-hybridized carbons (Fsp3) is 0.778. The molecule has 1 aromatic rings. The molecule has 1 saturated heterocycles. The molecule has 2 unspecified atom stereocenters. The van der Waals surface area contributed by atoms with Crippen molar-refractivity contribution in [1.82, 2.24) is 9.98 Å². The minimum atomic E-state index is -0.819. The zero-order valence-electron chi connectivity index (χ0n) is 10.1. The Morgan fingerprint density at radius 2 is 2.22 bits per heavy atom. The third kappa shape index (κ3) is 2.79. The Bertz CT molecular complexity index is 433. The smallest absolute Gasteiger partial charge is 0.308 e. The van der Waals surface area contributed by atoms with Crippen LogP contribution in [0.3, 0.4) is 0 Å². The molecule has 1 N–H and O–H groups in total. The van der Waals surface area contributed by atoms with Crippen LogP contribution in [0.4, 0.5) is 0 Å². The molecular formula is C9H15N3O6. The van der Waals surface area contributed by atoms with Gasteiger partial charge in [-0.3, -0.25) is 14.6 Å². The van der Waals surface area contributed by atoms with E-state index in [0.717, 1.165) is 5.02 Å². The Kier molecular flexibility index (Phi) is 3.21. The Morgan fingerprint density at radius 1 is 1.50 bits per heavy atom. The van der Waals surface area contributed by atoms with Gasteiger partial charge in [-0.05, 0) is 6.42 Å². The minimum Gasteiger partial charge on any atom is -0.481 e. The molecular weight excluding hydrogens is 246 g/mol. The van der Waals surface area contributed by atoms with Crippen LogP contribution >= 0.6 is 0 Å². The van der Waals surface area contributed by atoms with Gasteiger partial charge < -0.3 is 14.7 Å². The molecule has 9 heteroatoms. The highest BCUT2D eigenvalue weighted by Gasteiger charge is 2.33. The van der Waals surface area contributed by atoms with Gasteiger partial charge in [-0.15, -0.1) is 0 Å². The van der Waals surface area contributed by atoms with E-state index < -0.39 is 24.1 Å². The highest BCUT2D eigenvalue weighted by molar-refractivity contribution is 5.71. The number of carboxylic acid groups (broad SMARTS) is 1. The molecule has 0 aliphatic carbocycles. The van der Waals surface area contributed by atoms with Gasteiger partial charge in [0.05, 0.1) is 12.5 Å². The Labute approximate surface area is 102 Å². The molecule has 18 heavy (non-hydrogen) atoms. The van der Waals surface area contributed by atoms with Crippen molar-refractivity contribution in [2.75, 3.05) is 18.1 Å². The molecule has 1 aromatic heterocycles. The number of aliphatic carboxylic acids is 1. The molecule has 2 atom stereocenters. The van der Waals surface area contributed by atoms with E-state index in [9.17, 15) is 9.59 Å². The number of hydrogen-bond acceptors (Lipinski definition) is 6. The van der Waals surface area contributed by atoms with Crippen LogP contribution in [0.25, 0.3) is 0 Å². The second-order valence-corrected chi connectivity index (χ2v) is 4.09. The van der Waals surface area contributed by atoms with Crippen molar-refractivity contribution < 1.29 is 28.9 Å². The lowest BCUT2D eigenvalue weighted by Crippen LogP contribution is -2.33. The average Bonchev–Trinajstić information content (AvgIpc) is 2.83. The van der Waals surface area contributed by atoms with E-state index in [1.54, 1.807) is 11.9 Å². The molecule has 0 saturated carbocycles. The SMILES string of the molecule is CC(=O)OC(C)On1on1N1CCC(C(=O)O)C1. The summed E-state index contributed by atoms with van der Waals surface area (Å²) in [7, 11) is 0. The average molecular weight is 261 g/mol. The van der Waals surface area contributed by atoms with E-state index >= 15 is 0 Å². The minimum absolute atomic E-state index is 0.358. The first-order valence-corrected chi connectivity index (χ1v) is 5.57. The van der Waals surface area contributed by atoms with E-state index in [2.05, 4.69) is 0 Å². The maximum absolute atomic E-state index is 10.8. The standard InChI is InChI=1S/C9H15N3O6/c1-6(13)16-7(2)17-12-11(18-12)10-4-3-8(5-10)9(14)15/h7-8H,3-5H2,1-2H3,(H,14,15). The second-order valence-electron chi connectivity index (χ2n) is 4.09. The van der Waals surface area contributed by atoms with Gasteiger partial charge >= 0.3 is 11.9 Å². The van der Waals surface area contributed by atoms with Crippen LogP contribution in [-0.2, 0) is 14.3 Å². The van der Waals surface area contributed by atoms with Crippen LogP contribution in [0, 0.1) is 5.92 Å². The monoisotopic (exact) mass is 261 g/mol. The van der Waals surface area contributed by atoms with Crippen LogP contribution in [-0.4, -0.2) is 46.4 Å². The Hall–Kier alpha value is -2.06. The summed E-state index contributed by atoms with van der Waals surface area (Å²) < 4.78 is 9.72. The maximum Gasteiger partial charge on any atom is 0.308 e. The summed E-state index contributed by atoms with van der Waals surface area (Å²) in [6.07, 6.45) is -0.215. The highest BCUT2D eigenvalue weighted by atomic mass is 17.0. The number of nitrogens with zero attached hydrogens (tertiary/aromatic N) is 3. The quantitative estimate of drug-likeness (QED) is 0.550. The molecule has 1 aliphatic heterocycles. The van der Waals surface area contributed by atoms with Crippen molar-refractivity contribution in [3.8, 4) is 0 Å². The molecule has 2 rings (SSSR count). The van der Waals surface area contributed by atoms with Crippen LogP contribution in [0.1, 0.15) is 20.3 Å². The number of carbonyl (C=O) groups is 2. The summed E-state index contributed by atoms with van der Waals surface area (Å²) in [5.41, 5.74) is 0. The number of hydrogen-bond donors (Lipinski definition) is 1. The first kappa shape index (κ1) is 12.4. The number of carboxylic acids is 1. The van der Waals surface area contributed by atoms with Gasteiger partial charge in [0, 0.05) is 25.4 Å². The van der Waals surface area contributed by atoms with Crippen LogP contribution in [0.2, 0.25) is 0 Å². The highest BCUT2D eigenvalue weighted by Crippen LogP contribution is 2.16. The normalized spacial score (nSPS) is 21.0. The molecule has 102 valence electrons. The van der Waals surface area contributed by atoms with Gasteiger partial charge in [0.1, 0.15) is 5.02 Å². The lowest BCUT2D eigenvalue weighted by molar-refractivity contribution is -0.178. The van der Waals surface area contributed by atoms with Gasteiger partial charge in [0.25, 0.3) is 6.29 Å². The molecule has 9 nitrogen and oxygen atoms in total. The summed E-state index contributed by atoms with van der Waals surface area (Å²) in [6.45, 7) is 3.75. The fourth-order valence-electron chi connectivity index (χ4n) is 1.74. The maximum atomic E-state index is 10.8. The topological polar surface area (TPSA) is 99.1 Å². The first-order valence-electron chi connectivity index (χ1n) is 5.57. The van der Waals surface area contributed by atoms with Gasteiger partial charge in [-0.25, -0.2) is 0 Å². The molecule has 1 aliphatic rings. The lowest BCUT2D eigenvalue weighted by Gasteiger charge is -2.10. The number of rotatable bonds is 5. The van der Waals surface area contributed by atoms with E-state index in [0.29, 0.717) is 19.5 Å². The zero-order chi connectivity index (χ0) is 13.3. The van der Waals surface area contributed by atoms with Crippen LogP contribution in [0.15, 0.2) is 4.63 Å². The predicted octanol–water partition coefficient (Wildman–Crippen LogP) is -0.737. The summed E-state index contributed by atoms with van der Waals surface area (Å²) in [6, 6.07) is 0. The van der Waals surface area contributed by atoms with Crippen LogP contribution in [0.5, 0.6) is 0 Å². The van der Waals surface area contributed by atoms with Gasteiger partial charge in [-0.1, -0.05) is 0 Å². The van der Waals surface area contributed by atoms with Gasteiger partial charge in [-0.2, -0.15) is 4.63 Å². The zero-order valence-corrected chi connectivity index (χ0v) is 10.1. The van der Waals surface area contributed by atoms with Crippen molar-refractivity contribution >= 4 is 11.9 Å². The molecule has 2 heterocycles. The fourth-order valence-corrected chi connectivity index (χ4v) is 1.74. The number of ether oxygens (including phenoxy) is 1. The largest absolute Gasteiger partial charge is 0.481 e. The van der Waals surface area contributed by atoms with E-state index in [-0.39, 0.29) is 0 Å². The number of aromatic nitrogens is 2. The molecule has 1 fully saturated rings. The van der Waals surface area contributed by atoms with Gasteiger partial charge in [0.2, 0.25) is 0 Å². The van der Waals surface area contributed by atoms with Crippen molar-refractivity contribution in [3.63, 3.8) is 0 Å². The molecule has 0 bridgehead atoms. The number of esters is 1. The van der Waals surface area contributed by atoms with Crippen LogP contribution < -0.4 is 9.85 Å². The van der Waals surface area contributed by atoms with Gasteiger partial charge in [0.15, 0.2) is 0 Å². The summed E-state index contributed by atoms with van der Waals surface area (Å²) >= 11 is 0. The summed E-state index contributed by atoms with van der Waals surface area (Å²) in [5.74, 6) is -1.68. The third-order valence-electron chi connectivity index (χ3n) is 2.59. The third-order valence-corrected chi connectivity index (χ3v) is 2.59. The Balaban J connectivity index is 1.81. The summed E-state index contributed by atoms with van der Waals surface area (Å²) in [5, 5.41) is 11.6. The van der Waals surface area contributed by atoms with Crippen molar-refractivity contribution in [2.45, 2.75) is 26.6 Å². The first-order chi connectivity index (χ1) is 8.47. The van der Waals surface area contributed by atoms with Crippen molar-refractivity contribution in [2.24, 2.45) is 5.92 Å². The molecule has 0 radical (unpaired) electrons. The lowest BCUT2D eigenvalue weighted by atomic mass is 10.1. The number of carbonyl (C=O) groups excluding carboxylic acids is 1. The predicted molar refractivity (Wildman–Crippen MR) is 56.2 cm³/mol. The molecule has 0 aromatic carbocycles. The van der Waals surface area contributed by atoms with E-state index in [1.165, 1.54) is 11.9 Å². The van der Waals surface area contributed by atoms with Crippen molar-refractivity contribution in [1.29, 1.82) is 0 Å².